The summed E-state index contributed by atoms with van der Waals surface area (Å²) in [5.74, 6) is -1.90. The van der Waals surface area contributed by atoms with E-state index in [-0.39, 0.29) is 5.56 Å². The Bertz CT molecular complexity index is 868. The number of alkyl halides is 3. The zero-order chi connectivity index (χ0) is 18.1. The number of nitrogens with one attached hydrogen (secondary N) is 1. The standard InChI is InChI=1S/C14H9ClF5NO2S/c15-12-6-10(16)1-2-13(12)24(22,23)21-7-8-3-9(14(18,19)20)5-11(17)4-8/h1-6,21H,7H2. The Balaban J connectivity index is 2.25. The van der Waals surface area contributed by atoms with Gasteiger partial charge >= 0.3 is 6.18 Å². The molecule has 0 aliphatic rings. The third-order valence-corrected chi connectivity index (χ3v) is 4.82. The first-order valence-corrected chi connectivity index (χ1v) is 8.16. The Labute approximate surface area is 139 Å². The highest BCUT2D eigenvalue weighted by atomic mass is 35.5. The molecule has 1 N–H and O–H groups in total. The van der Waals surface area contributed by atoms with E-state index >= 15 is 0 Å². The third kappa shape index (κ3) is 4.43. The molecule has 0 amide bonds. The second kappa shape index (κ2) is 6.66. The lowest BCUT2D eigenvalue weighted by Gasteiger charge is -2.11. The van der Waals surface area contributed by atoms with E-state index in [2.05, 4.69) is 0 Å². The molecule has 2 aromatic carbocycles. The van der Waals surface area contributed by atoms with E-state index in [0.29, 0.717) is 12.1 Å². The molecule has 2 rings (SSSR count). The molecular formula is C14H9ClF5NO2S. The van der Waals surface area contributed by atoms with E-state index in [4.69, 9.17) is 11.6 Å². The zero-order valence-corrected chi connectivity index (χ0v) is 13.2. The van der Waals surface area contributed by atoms with Crippen LogP contribution in [-0.4, -0.2) is 8.42 Å². The molecule has 0 heterocycles. The van der Waals surface area contributed by atoms with Crippen molar-refractivity contribution in [1.82, 2.24) is 4.72 Å². The van der Waals surface area contributed by atoms with Crippen LogP contribution in [-0.2, 0) is 22.7 Å². The van der Waals surface area contributed by atoms with Crippen molar-refractivity contribution in [3.05, 3.63) is 64.2 Å². The number of halogens is 6. The Hall–Kier alpha value is -1.71. The third-order valence-electron chi connectivity index (χ3n) is 2.93. The minimum atomic E-state index is -4.77. The molecule has 0 saturated heterocycles. The average Bonchev–Trinajstić information content (AvgIpc) is 2.43. The van der Waals surface area contributed by atoms with Gasteiger partial charge in [-0.05, 0) is 42.0 Å². The van der Waals surface area contributed by atoms with Gasteiger partial charge in [-0.2, -0.15) is 13.2 Å². The van der Waals surface area contributed by atoms with E-state index in [9.17, 15) is 30.4 Å². The highest BCUT2D eigenvalue weighted by Crippen LogP contribution is 2.30. The van der Waals surface area contributed by atoms with Crippen molar-refractivity contribution in [3.63, 3.8) is 0 Å². The topological polar surface area (TPSA) is 46.2 Å². The summed E-state index contributed by atoms with van der Waals surface area (Å²) in [4.78, 5) is -0.446. The molecule has 2 aromatic rings. The molecule has 130 valence electrons. The highest BCUT2D eigenvalue weighted by molar-refractivity contribution is 7.89. The van der Waals surface area contributed by atoms with E-state index in [0.717, 1.165) is 24.3 Å². The maximum atomic E-state index is 13.3. The van der Waals surface area contributed by atoms with Crippen LogP contribution in [0.5, 0.6) is 0 Å². The van der Waals surface area contributed by atoms with E-state index in [1.165, 1.54) is 0 Å². The summed E-state index contributed by atoms with van der Waals surface area (Å²) in [6.07, 6.45) is -4.77. The largest absolute Gasteiger partial charge is 0.416 e. The fourth-order valence-electron chi connectivity index (χ4n) is 1.87. The van der Waals surface area contributed by atoms with Gasteiger partial charge in [0.15, 0.2) is 0 Å². The fraction of sp³-hybridized carbons (Fsp3) is 0.143. The molecule has 0 atom stereocenters. The van der Waals surface area contributed by atoms with Crippen molar-refractivity contribution in [2.75, 3.05) is 0 Å². The first kappa shape index (κ1) is 18.6. The lowest BCUT2D eigenvalue weighted by molar-refractivity contribution is -0.137. The van der Waals surface area contributed by atoms with Crippen molar-refractivity contribution in [2.24, 2.45) is 0 Å². The van der Waals surface area contributed by atoms with Crippen LogP contribution in [0.25, 0.3) is 0 Å². The van der Waals surface area contributed by atoms with Crippen molar-refractivity contribution in [2.45, 2.75) is 17.6 Å². The molecule has 10 heteroatoms. The number of rotatable bonds is 4. The second-order valence-corrected chi connectivity index (χ2v) is 6.89. The fourth-order valence-corrected chi connectivity index (χ4v) is 3.41. The van der Waals surface area contributed by atoms with Gasteiger partial charge in [0.05, 0.1) is 10.6 Å². The quantitative estimate of drug-likeness (QED) is 0.805. The summed E-state index contributed by atoms with van der Waals surface area (Å²) in [6.45, 7) is -0.600. The molecule has 0 fully saturated rings. The molecule has 0 unspecified atom stereocenters. The Morgan fingerprint density at radius 3 is 2.25 bits per heavy atom. The van der Waals surface area contributed by atoms with Crippen LogP contribution >= 0.6 is 11.6 Å². The first-order chi connectivity index (χ1) is 11.0. The summed E-state index contributed by atoms with van der Waals surface area (Å²) >= 11 is 5.64. The van der Waals surface area contributed by atoms with Crippen molar-refractivity contribution in [3.8, 4) is 0 Å². The van der Waals surface area contributed by atoms with Crippen molar-refractivity contribution >= 4 is 21.6 Å². The summed E-state index contributed by atoms with van der Waals surface area (Å²) in [5, 5.41) is -0.391. The smallest absolute Gasteiger partial charge is 0.207 e. The van der Waals surface area contributed by atoms with Crippen LogP contribution in [0.4, 0.5) is 22.0 Å². The molecule has 0 aromatic heterocycles. The van der Waals surface area contributed by atoms with Crippen LogP contribution in [0.1, 0.15) is 11.1 Å². The van der Waals surface area contributed by atoms with Gasteiger partial charge < -0.3 is 0 Å². The maximum Gasteiger partial charge on any atom is 0.416 e. The summed E-state index contributed by atoms with van der Waals surface area (Å²) in [7, 11) is -4.22. The van der Waals surface area contributed by atoms with Crippen LogP contribution < -0.4 is 4.72 Å². The highest BCUT2D eigenvalue weighted by Gasteiger charge is 2.31. The molecule has 0 aliphatic heterocycles. The van der Waals surface area contributed by atoms with Gasteiger partial charge in [-0.3, -0.25) is 0 Å². The predicted molar refractivity (Wildman–Crippen MR) is 76.8 cm³/mol. The molecule has 3 nitrogen and oxygen atoms in total. The summed E-state index contributed by atoms with van der Waals surface area (Å²) < 4.78 is 90.2. The molecule has 0 saturated carbocycles. The van der Waals surface area contributed by atoms with E-state index < -0.39 is 49.9 Å². The normalized spacial score (nSPS) is 12.4. The summed E-state index contributed by atoms with van der Waals surface area (Å²) in [6, 6.07) is 4.24. The molecule has 0 spiro atoms. The molecular weight excluding hydrogens is 377 g/mol. The summed E-state index contributed by atoms with van der Waals surface area (Å²) in [5.41, 5.74) is -1.47. The molecule has 0 bridgehead atoms. The Kier molecular flexibility index (Phi) is 5.17. The van der Waals surface area contributed by atoms with E-state index in [1.54, 1.807) is 0 Å². The average molecular weight is 386 g/mol. The predicted octanol–water partition coefficient (Wildman–Crippen LogP) is 4.12. The lowest BCUT2D eigenvalue weighted by Crippen LogP contribution is -2.24. The van der Waals surface area contributed by atoms with Crippen LogP contribution in [0, 0.1) is 11.6 Å². The first-order valence-electron chi connectivity index (χ1n) is 6.30. The van der Waals surface area contributed by atoms with Gasteiger partial charge in [0.1, 0.15) is 16.5 Å². The van der Waals surface area contributed by atoms with Crippen LogP contribution in [0.2, 0.25) is 5.02 Å². The Morgan fingerprint density at radius 2 is 1.67 bits per heavy atom. The van der Waals surface area contributed by atoms with Gasteiger partial charge in [-0.1, -0.05) is 11.6 Å². The van der Waals surface area contributed by atoms with Crippen molar-refractivity contribution < 1.29 is 30.4 Å². The minimum absolute atomic E-state index is 0.232. The van der Waals surface area contributed by atoms with Gasteiger partial charge in [0.25, 0.3) is 0 Å². The van der Waals surface area contributed by atoms with Crippen LogP contribution in [0.15, 0.2) is 41.3 Å². The number of hydrogen-bond donors (Lipinski definition) is 1. The monoisotopic (exact) mass is 385 g/mol. The maximum absolute atomic E-state index is 13.3. The van der Waals surface area contributed by atoms with Crippen molar-refractivity contribution in [1.29, 1.82) is 0 Å². The second-order valence-electron chi connectivity index (χ2n) is 4.75. The van der Waals surface area contributed by atoms with Crippen LogP contribution in [0.3, 0.4) is 0 Å². The van der Waals surface area contributed by atoms with Gasteiger partial charge in [-0.15, -0.1) is 0 Å². The van der Waals surface area contributed by atoms with E-state index in [1.807, 2.05) is 4.72 Å². The zero-order valence-electron chi connectivity index (χ0n) is 11.7. The van der Waals surface area contributed by atoms with Gasteiger partial charge in [0.2, 0.25) is 10.0 Å². The number of benzene rings is 2. The van der Waals surface area contributed by atoms with Gasteiger partial charge in [-0.25, -0.2) is 21.9 Å². The number of hydrogen-bond acceptors (Lipinski definition) is 2. The molecule has 0 radical (unpaired) electrons. The number of sulfonamides is 1. The Morgan fingerprint density at radius 1 is 1.00 bits per heavy atom. The van der Waals surface area contributed by atoms with Gasteiger partial charge in [0, 0.05) is 6.54 Å². The SMILES string of the molecule is O=S(=O)(NCc1cc(F)cc(C(F)(F)F)c1)c1ccc(F)cc1Cl. The molecule has 24 heavy (non-hydrogen) atoms. The lowest BCUT2D eigenvalue weighted by atomic mass is 10.1. The minimum Gasteiger partial charge on any atom is -0.207 e. The molecule has 0 aliphatic carbocycles.